The van der Waals surface area contributed by atoms with E-state index in [-0.39, 0.29) is 0 Å². The van der Waals surface area contributed by atoms with Gasteiger partial charge in [0, 0.05) is 0 Å². The SMILES string of the molecule is [c]1nnc2cnc3ccccc3n12. The van der Waals surface area contributed by atoms with Gasteiger partial charge in [-0.3, -0.25) is 9.38 Å². The molecule has 0 spiro atoms. The number of fused-ring (bicyclic) bond motifs is 3. The van der Waals surface area contributed by atoms with E-state index >= 15 is 0 Å². The van der Waals surface area contributed by atoms with Gasteiger partial charge >= 0.3 is 0 Å². The van der Waals surface area contributed by atoms with Crippen molar-refractivity contribution in [3.63, 3.8) is 0 Å². The summed E-state index contributed by atoms with van der Waals surface area (Å²) in [5.41, 5.74) is 2.62. The zero-order valence-corrected chi connectivity index (χ0v) is 6.68. The summed E-state index contributed by atoms with van der Waals surface area (Å²) in [7, 11) is 0. The van der Waals surface area contributed by atoms with Crippen molar-refractivity contribution < 1.29 is 0 Å². The second-order valence-corrected chi connectivity index (χ2v) is 2.74. The minimum absolute atomic E-state index is 0.721. The van der Waals surface area contributed by atoms with Crippen molar-refractivity contribution >= 4 is 16.7 Å². The predicted molar refractivity (Wildman–Crippen MR) is 47.1 cm³/mol. The molecule has 0 aliphatic rings. The third-order valence-corrected chi connectivity index (χ3v) is 1.97. The van der Waals surface area contributed by atoms with E-state index in [0.29, 0.717) is 0 Å². The van der Waals surface area contributed by atoms with Crippen LogP contribution in [-0.2, 0) is 0 Å². The van der Waals surface area contributed by atoms with Crippen molar-refractivity contribution in [3.8, 4) is 0 Å². The molecule has 0 aliphatic heterocycles. The number of aromatic nitrogens is 4. The van der Waals surface area contributed by atoms with Crippen LogP contribution >= 0.6 is 0 Å². The average Bonchev–Trinajstić information content (AvgIpc) is 2.65. The number of benzene rings is 1. The molecule has 0 saturated carbocycles. The van der Waals surface area contributed by atoms with Crippen LogP contribution in [0, 0.1) is 6.33 Å². The van der Waals surface area contributed by atoms with Crippen molar-refractivity contribution in [1.29, 1.82) is 0 Å². The summed E-state index contributed by atoms with van der Waals surface area (Å²) in [5.74, 6) is 0. The van der Waals surface area contributed by atoms with Crippen LogP contribution in [0.3, 0.4) is 0 Å². The van der Waals surface area contributed by atoms with Crippen LogP contribution in [0.25, 0.3) is 16.7 Å². The van der Waals surface area contributed by atoms with Gasteiger partial charge in [-0.2, -0.15) is 0 Å². The quantitative estimate of drug-likeness (QED) is 0.505. The first kappa shape index (κ1) is 6.54. The molecule has 1 radical (unpaired) electrons. The van der Waals surface area contributed by atoms with Crippen LogP contribution in [-0.4, -0.2) is 19.6 Å². The molecule has 0 amide bonds. The monoisotopic (exact) mass is 169 g/mol. The van der Waals surface area contributed by atoms with E-state index in [2.05, 4.69) is 21.5 Å². The third-order valence-electron chi connectivity index (χ3n) is 1.97. The van der Waals surface area contributed by atoms with Crippen molar-refractivity contribution in [2.45, 2.75) is 0 Å². The molecule has 0 atom stereocenters. The summed E-state index contributed by atoms with van der Waals surface area (Å²) < 4.78 is 1.79. The van der Waals surface area contributed by atoms with E-state index in [1.807, 2.05) is 24.3 Å². The fraction of sp³-hybridized carbons (Fsp3) is 0. The van der Waals surface area contributed by atoms with Crippen LogP contribution < -0.4 is 0 Å². The molecule has 13 heavy (non-hydrogen) atoms. The highest BCUT2D eigenvalue weighted by Crippen LogP contribution is 2.11. The topological polar surface area (TPSA) is 43.1 Å². The zero-order valence-electron chi connectivity index (χ0n) is 6.68. The van der Waals surface area contributed by atoms with Gasteiger partial charge in [0.15, 0.2) is 5.65 Å². The van der Waals surface area contributed by atoms with Gasteiger partial charge in [-0.15, -0.1) is 10.2 Å². The molecule has 4 heteroatoms. The van der Waals surface area contributed by atoms with Gasteiger partial charge in [0.2, 0.25) is 6.33 Å². The third kappa shape index (κ3) is 0.823. The van der Waals surface area contributed by atoms with Gasteiger partial charge in [0.05, 0.1) is 17.2 Å². The molecule has 3 aromatic rings. The first-order valence-electron chi connectivity index (χ1n) is 3.92. The number of para-hydroxylation sites is 2. The Hall–Kier alpha value is -1.97. The summed E-state index contributed by atoms with van der Waals surface area (Å²) >= 11 is 0. The summed E-state index contributed by atoms with van der Waals surface area (Å²) in [6.45, 7) is 0. The van der Waals surface area contributed by atoms with E-state index in [0.717, 1.165) is 16.7 Å². The zero-order chi connectivity index (χ0) is 8.67. The summed E-state index contributed by atoms with van der Waals surface area (Å²) in [6.07, 6.45) is 4.46. The Kier molecular flexibility index (Phi) is 1.14. The Bertz CT molecular complexity index is 570. The standard InChI is InChI=1S/C9H5N4/c1-2-4-8-7(3-1)10-5-9-12-11-6-13(8)9/h1-5H. The smallest absolute Gasteiger partial charge is 0.207 e. The van der Waals surface area contributed by atoms with E-state index in [1.165, 1.54) is 0 Å². The van der Waals surface area contributed by atoms with Gasteiger partial charge < -0.3 is 0 Å². The molecule has 0 fully saturated rings. The molecule has 2 aromatic heterocycles. The highest BCUT2D eigenvalue weighted by Gasteiger charge is 2.00. The van der Waals surface area contributed by atoms with Crippen molar-refractivity contribution in [2.75, 3.05) is 0 Å². The lowest BCUT2D eigenvalue weighted by atomic mass is 10.3. The molecular weight excluding hydrogens is 164 g/mol. The second kappa shape index (κ2) is 2.26. The van der Waals surface area contributed by atoms with E-state index in [9.17, 15) is 0 Å². The van der Waals surface area contributed by atoms with Crippen LogP contribution in [0.4, 0.5) is 0 Å². The average molecular weight is 169 g/mol. The fourth-order valence-electron chi connectivity index (χ4n) is 1.36. The highest BCUT2D eigenvalue weighted by atomic mass is 15.2. The Morgan fingerprint density at radius 1 is 1.23 bits per heavy atom. The summed E-state index contributed by atoms with van der Waals surface area (Å²) in [4.78, 5) is 4.24. The summed E-state index contributed by atoms with van der Waals surface area (Å²) in [6, 6.07) is 7.82. The van der Waals surface area contributed by atoms with E-state index in [4.69, 9.17) is 0 Å². The maximum absolute atomic E-state index is 4.24. The lowest BCUT2D eigenvalue weighted by molar-refractivity contribution is 1.10. The van der Waals surface area contributed by atoms with Gasteiger partial charge in [-0.25, -0.2) is 0 Å². The number of hydrogen-bond acceptors (Lipinski definition) is 3. The van der Waals surface area contributed by atoms with Crippen molar-refractivity contribution in [3.05, 3.63) is 36.8 Å². The first-order chi connectivity index (χ1) is 6.45. The molecule has 0 aliphatic carbocycles. The number of nitrogens with zero attached hydrogens (tertiary/aromatic N) is 4. The minimum Gasteiger partial charge on any atom is -0.269 e. The molecule has 61 valence electrons. The van der Waals surface area contributed by atoms with Crippen LogP contribution in [0.1, 0.15) is 0 Å². The van der Waals surface area contributed by atoms with Gasteiger partial charge in [0.1, 0.15) is 0 Å². The fourth-order valence-corrected chi connectivity index (χ4v) is 1.36. The van der Waals surface area contributed by atoms with Crippen molar-refractivity contribution in [1.82, 2.24) is 19.6 Å². The van der Waals surface area contributed by atoms with Crippen LogP contribution in [0.2, 0.25) is 0 Å². The molecular formula is C9H5N4. The largest absolute Gasteiger partial charge is 0.269 e. The molecule has 0 unspecified atom stereocenters. The highest BCUT2D eigenvalue weighted by molar-refractivity contribution is 5.76. The lowest BCUT2D eigenvalue weighted by Crippen LogP contribution is -1.88. The molecule has 0 N–H and O–H groups in total. The lowest BCUT2D eigenvalue weighted by Gasteiger charge is -1.97. The minimum atomic E-state index is 0.721. The summed E-state index contributed by atoms with van der Waals surface area (Å²) in [5, 5.41) is 7.56. The van der Waals surface area contributed by atoms with Crippen molar-refractivity contribution in [2.24, 2.45) is 0 Å². The van der Waals surface area contributed by atoms with Gasteiger partial charge in [-0.05, 0) is 12.1 Å². The number of rotatable bonds is 0. The number of hydrogen-bond donors (Lipinski definition) is 0. The van der Waals surface area contributed by atoms with Crippen LogP contribution in [0.5, 0.6) is 0 Å². The Morgan fingerprint density at radius 2 is 2.15 bits per heavy atom. The Labute approximate surface area is 73.9 Å². The Morgan fingerprint density at radius 3 is 3.15 bits per heavy atom. The molecule has 2 heterocycles. The molecule has 1 aromatic carbocycles. The van der Waals surface area contributed by atoms with Gasteiger partial charge in [0.25, 0.3) is 0 Å². The molecule has 3 rings (SSSR count). The maximum Gasteiger partial charge on any atom is 0.207 e. The van der Waals surface area contributed by atoms with E-state index < -0.39 is 0 Å². The first-order valence-corrected chi connectivity index (χ1v) is 3.92. The van der Waals surface area contributed by atoms with E-state index in [1.54, 1.807) is 10.6 Å². The predicted octanol–water partition coefficient (Wildman–Crippen LogP) is 1.08. The van der Waals surface area contributed by atoms with Gasteiger partial charge in [-0.1, -0.05) is 12.1 Å². The molecule has 4 nitrogen and oxygen atoms in total. The normalized spacial score (nSPS) is 11.1. The molecule has 0 bridgehead atoms. The van der Waals surface area contributed by atoms with Crippen LogP contribution in [0.15, 0.2) is 30.5 Å². The second-order valence-electron chi connectivity index (χ2n) is 2.74. The molecule has 0 saturated heterocycles. The Balaban J connectivity index is 2.65. The maximum atomic E-state index is 4.24.